The molecule has 4 rings (SSSR count). The zero-order valence-corrected chi connectivity index (χ0v) is 15.2. The Kier molecular flexibility index (Phi) is 4.71. The standard InChI is InChI=1S/C21H23N3O2/c1-15-7-3-4-8-16(15)13-24-12-11-17(14-24)20-22-23-21(26-20)18-9-5-6-10-19(18)25-2/h3-10,17H,11-14H2,1-2H3/t17-/m0/s1. The van der Waals surface area contributed by atoms with Gasteiger partial charge >= 0.3 is 0 Å². The van der Waals surface area contributed by atoms with Gasteiger partial charge < -0.3 is 9.15 Å². The first-order valence-corrected chi connectivity index (χ1v) is 8.98. The van der Waals surface area contributed by atoms with Gasteiger partial charge in [-0.1, -0.05) is 36.4 Å². The van der Waals surface area contributed by atoms with Crippen LogP contribution < -0.4 is 4.74 Å². The third kappa shape index (κ3) is 3.35. The fourth-order valence-electron chi connectivity index (χ4n) is 3.54. The minimum absolute atomic E-state index is 0.287. The second kappa shape index (κ2) is 7.30. The second-order valence-electron chi connectivity index (χ2n) is 6.79. The zero-order chi connectivity index (χ0) is 17.9. The van der Waals surface area contributed by atoms with Crippen molar-refractivity contribution in [1.82, 2.24) is 15.1 Å². The maximum absolute atomic E-state index is 5.99. The molecule has 0 N–H and O–H groups in total. The molecule has 0 spiro atoms. The summed E-state index contributed by atoms with van der Waals surface area (Å²) >= 11 is 0. The Labute approximate surface area is 153 Å². The first kappa shape index (κ1) is 16.8. The number of hydrogen-bond acceptors (Lipinski definition) is 5. The summed E-state index contributed by atoms with van der Waals surface area (Å²) in [7, 11) is 1.65. The van der Waals surface area contributed by atoms with Crippen LogP contribution in [0.4, 0.5) is 0 Å². The lowest BCUT2D eigenvalue weighted by Crippen LogP contribution is -2.20. The van der Waals surface area contributed by atoms with Crippen molar-refractivity contribution in [2.24, 2.45) is 0 Å². The average Bonchev–Trinajstić information content (AvgIpc) is 3.33. The number of aromatic nitrogens is 2. The minimum Gasteiger partial charge on any atom is -0.496 e. The third-order valence-electron chi connectivity index (χ3n) is 5.05. The van der Waals surface area contributed by atoms with Crippen LogP contribution in [0.25, 0.3) is 11.5 Å². The van der Waals surface area contributed by atoms with Gasteiger partial charge in [0.25, 0.3) is 5.89 Å². The summed E-state index contributed by atoms with van der Waals surface area (Å²) in [4.78, 5) is 2.46. The lowest BCUT2D eigenvalue weighted by atomic mass is 10.1. The molecule has 1 aromatic heterocycles. The highest BCUT2D eigenvalue weighted by molar-refractivity contribution is 5.62. The number of hydrogen-bond donors (Lipinski definition) is 0. The molecule has 1 aliphatic rings. The predicted molar refractivity (Wildman–Crippen MR) is 100 cm³/mol. The number of methoxy groups -OCH3 is 1. The molecule has 2 heterocycles. The molecular formula is C21H23N3O2. The van der Waals surface area contributed by atoms with E-state index < -0.39 is 0 Å². The summed E-state index contributed by atoms with van der Waals surface area (Å²) in [5, 5.41) is 8.56. The van der Waals surface area contributed by atoms with E-state index >= 15 is 0 Å². The Bertz CT molecular complexity index is 890. The smallest absolute Gasteiger partial charge is 0.251 e. The summed E-state index contributed by atoms with van der Waals surface area (Å²) < 4.78 is 11.4. The van der Waals surface area contributed by atoms with Crippen LogP contribution in [0, 0.1) is 6.92 Å². The first-order chi connectivity index (χ1) is 12.7. The molecular weight excluding hydrogens is 326 g/mol. The molecule has 5 heteroatoms. The Balaban J connectivity index is 1.47. The van der Waals surface area contributed by atoms with Gasteiger partial charge in [0.2, 0.25) is 5.89 Å². The molecule has 1 fully saturated rings. The second-order valence-corrected chi connectivity index (χ2v) is 6.79. The number of nitrogens with zero attached hydrogens (tertiary/aromatic N) is 3. The Morgan fingerprint density at radius 3 is 2.77 bits per heavy atom. The Hall–Kier alpha value is -2.66. The average molecular weight is 349 g/mol. The molecule has 1 saturated heterocycles. The van der Waals surface area contributed by atoms with Gasteiger partial charge in [0.1, 0.15) is 5.75 Å². The predicted octanol–water partition coefficient (Wildman–Crippen LogP) is 4.04. The van der Waals surface area contributed by atoms with Crippen LogP contribution in [0.15, 0.2) is 52.9 Å². The zero-order valence-electron chi connectivity index (χ0n) is 15.2. The van der Waals surface area contributed by atoms with Crippen molar-refractivity contribution in [2.45, 2.75) is 25.8 Å². The monoisotopic (exact) mass is 349 g/mol. The van der Waals surface area contributed by atoms with Gasteiger partial charge in [0, 0.05) is 13.1 Å². The summed E-state index contributed by atoms with van der Waals surface area (Å²) in [5.74, 6) is 2.28. The normalized spacial score (nSPS) is 17.5. The molecule has 1 aliphatic heterocycles. The van der Waals surface area contributed by atoms with Crippen LogP contribution in [0.2, 0.25) is 0 Å². The van der Waals surface area contributed by atoms with Crippen molar-refractivity contribution in [3.05, 3.63) is 65.5 Å². The first-order valence-electron chi connectivity index (χ1n) is 8.98. The number of rotatable bonds is 5. The van der Waals surface area contributed by atoms with E-state index in [1.807, 2.05) is 24.3 Å². The Morgan fingerprint density at radius 2 is 1.92 bits per heavy atom. The minimum atomic E-state index is 0.287. The van der Waals surface area contributed by atoms with Crippen LogP contribution in [0.1, 0.15) is 29.4 Å². The molecule has 1 atom stereocenters. The number of aryl methyl sites for hydroxylation is 1. The van der Waals surface area contributed by atoms with Crippen LogP contribution in [0.5, 0.6) is 5.75 Å². The molecule has 5 nitrogen and oxygen atoms in total. The van der Waals surface area contributed by atoms with Crippen LogP contribution in [-0.2, 0) is 6.54 Å². The topological polar surface area (TPSA) is 51.4 Å². The van der Waals surface area contributed by atoms with Crippen molar-refractivity contribution < 1.29 is 9.15 Å². The van der Waals surface area contributed by atoms with Crippen LogP contribution in [0.3, 0.4) is 0 Å². The van der Waals surface area contributed by atoms with E-state index in [0.29, 0.717) is 5.89 Å². The van der Waals surface area contributed by atoms with Crippen molar-refractivity contribution in [2.75, 3.05) is 20.2 Å². The number of para-hydroxylation sites is 1. The van der Waals surface area contributed by atoms with E-state index in [2.05, 4.69) is 46.3 Å². The van der Waals surface area contributed by atoms with Gasteiger partial charge in [0.05, 0.1) is 18.6 Å². The summed E-state index contributed by atoms with van der Waals surface area (Å²) in [6.45, 7) is 5.13. The highest BCUT2D eigenvalue weighted by Gasteiger charge is 2.28. The SMILES string of the molecule is COc1ccccc1-c1nnc([C@H]2CCN(Cc3ccccc3C)C2)o1. The van der Waals surface area contributed by atoms with Gasteiger partial charge in [-0.15, -0.1) is 10.2 Å². The maximum atomic E-state index is 5.99. The third-order valence-corrected chi connectivity index (χ3v) is 5.05. The molecule has 134 valence electrons. The highest BCUT2D eigenvalue weighted by atomic mass is 16.5. The summed E-state index contributed by atoms with van der Waals surface area (Å²) in [6, 6.07) is 16.3. The molecule has 3 aromatic rings. The largest absolute Gasteiger partial charge is 0.496 e. The number of benzene rings is 2. The molecule has 0 radical (unpaired) electrons. The molecule has 0 unspecified atom stereocenters. The van der Waals surface area contributed by atoms with Gasteiger partial charge in [-0.2, -0.15) is 0 Å². The number of ether oxygens (including phenoxy) is 1. The van der Waals surface area contributed by atoms with E-state index in [1.54, 1.807) is 7.11 Å². The van der Waals surface area contributed by atoms with E-state index in [4.69, 9.17) is 9.15 Å². The number of likely N-dealkylation sites (tertiary alicyclic amines) is 1. The molecule has 0 aliphatic carbocycles. The lowest BCUT2D eigenvalue weighted by Gasteiger charge is -2.16. The van der Waals surface area contributed by atoms with Gasteiger partial charge in [-0.05, 0) is 43.1 Å². The van der Waals surface area contributed by atoms with Crippen LogP contribution >= 0.6 is 0 Å². The van der Waals surface area contributed by atoms with Crippen LogP contribution in [-0.4, -0.2) is 35.3 Å². The van der Waals surface area contributed by atoms with E-state index in [9.17, 15) is 0 Å². The molecule has 0 amide bonds. The van der Waals surface area contributed by atoms with Crippen molar-refractivity contribution in [1.29, 1.82) is 0 Å². The van der Waals surface area contributed by atoms with Gasteiger partial charge in [0.15, 0.2) is 0 Å². The van der Waals surface area contributed by atoms with Crippen molar-refractivity contribution >= 4 is 0 Å². The van der Waals surface area contributed by atoms with E-state index in [-0.39, 0.29) is 5.92 Å². The van der Waals surface area contributed by atoms with Gasteiger partial charge in [-0.25, -0.2) is 0 Å². The fourth-order valence-corrected chi connectivity index (χ4v) is 3.54. The van der Waals surface area contributed by atoms with Crippen molar-refractivity contribution in [3.63, 3.8) is 0 Å². The highest BCUT2D eigenvalue weighted by Crippen LogP contribution is 2.32. The quantitative estimate of drug-likeness (QED) is 0.696. The molecule has 26 heavy (non-hydrogen) atoms. The fraction of sp³-hybridized carbons (Fsp3) is 0.333. The van der Waals surface area contributed by atoms with E-state index in [0.717, 1.165) is 43.3 Å². The molecule has 0 saturated carbocycles. The molecule has 0 bridgehead atoms. The molecule has 2 aromatic carbocycles. The van der Waals surface area contributed by atoms with Crippen molar-refractivity contribution in [3.8, 4) is 17.2 Å². The maximum Gasteiger partial charge on any atom is 0.251 e. The Morgan fingerprint density at radius 1 is 1.12 bits per heavy atom. The lowest BCUT2D eigenvalue weighted by molar-refractivity contribution is 0.319. The van der Waals surface area contributed by atoms with Gasteiger partial charge in [-0.3, -0.25) is 4.90 Å². The summed E-state index contributed by atoms with van der Waals surface area (Å²) in [6.07, 6.45) is 1.04. The summed E-state index contributed by atoms with van der Waals surface area (Å²) in [5.41, 5.74) is 3.56. The van der Waals surface area contributed by atoms with E-state index in [1.165, 1.54) is 11.1 Å².